The Morgan fingerprint density at radius 3 is 2.50 bits per heavy atom. The molecule has 134 valence electrons. The molecule has 1 saturated carbocycles. The number of nitrogens with zero attached hydrogens (tertiary/aromatic N) is 1. The number of benzene rings is 2. The van der Waals surface area contributed by atoms with Crippen molar-refractivity contribution < 1.29 is 9.59 Å². The molecule has 1 amide bonds. The van der Waals surface area contributed by atoms with Gasteiger partial charge >= 0.3 is 0 Å². The molecule has 0 heterocycles. The molecule has 0 aromatic heterocycles. The maximum Gasteiger partial charge on any atom is 0.271 e. The zero-order valence-corrected chi connectivity index (χ0v) is 15.8. The normalized spacial score (nSPS) is 15.9. The highest BCUT2D eigenvalue weighted by Crippen LogP contribution is 2.24. The third-order valence-corrected chi connectivity index (χ3v) is 5.41. The van der Waals surface area contributed by atoms with Gasteiger partial charge in [0.1, 0.15) is 5.78 Å². The number of thioether (sulfide) groups is 1. The molecule has 6 heteroatoms. The third-order valence-electron chi connectivity index (χ3n) is 4.07. The molecule has 2 aromatic rings. The molecule has 2 aromatic carbocycles. The first-order valence-electron chi connectivity index (χ1n) is 8.45. The smallest absolute Gasteiger partial charge is 0.271 e. The highest BCUT2D eigenvalue weighted by molar-refractivity contribution is 7.98. The first-order valence-corrected chi connectivity index (χ1v) is 9.81. The van der Waals surface area contributed by atoms with Crippen LogP contribution < -0.4 is 5.43 Å². The summed E-state index contributed by atoms with van der Waals surface area (Å²) in [5.41, 5.74) is 4.99. The quantitative estimate of drug-likeness (QED) is 0.589. The Balaban J connectivity index is 1.53. The highest BCUT2D eigenvalue weighted by Gasteiger charge is 2.15. The third kappa shape index (κ3) is 5.44. The van der Waals surface area contributed by atoms with E-state index in [0.29, 0.717) is 18.4 Å². The van der Waals surface area contributed by atoms with Gasteiger partial charge in [0.15, 0.2) is 0 Å². The van der Waals surface area contributed by atoms with Crippen molar-refractivity contribution in [3.05, 3.63) is 64.7 Å². The summed E-state index contributed by atoms with van der Waals surface area (Å²) < 4.78 is 0. The lowest BCUT2D eigenvalue weighted by Crippen LogP contribution is -2.22. The molecule has 0 aliphatic heterocycles. The van der Waals surface area contributed by atoms with E-state index in [1.54, 1.807) is 23.9 Å². The SMILES string of the molecule is O=C1CCC/C(=N/NC(=O)c2ccc(CSc3ccc(Cl)cc3)cc2)C1. The molecule has 0 spiro atoms. The van der Waals surface area contributed by atoms with Gasteiger partial charge in [-0.3, -0.25) is 9.59 Å². The minimum absolute atomic E-state index is 0.187. The summed E-state index contributed by atoms with van der Waals surface area (Å²) in [5, 5.41) is 4.82. The van der Waals surface area contributed by atoms with Gasteiger partial charge in [0.05, 0.1) is 0 Å². The van der Waals surface area contributed by atoms with Crippen LogP contribution in [0.3, 0.4) is 0 Å². The van der Waals surface area contributed by atoms with Gasteiger partial charge in [0.25, 0.3) is 5.91 Å². The zero-order chi connectivity index (χ0) is 18.4. The van der Waals surface area contributed by atoms with Crippen molar-refractivity contribution in [3.8, 4) is 0 Å². The molecule has 0 radical (unpaired) electrons. The van der Waals surface area contributed by atoms with E-state index >= 15 is 0 Å². The molecule has 0 unspecified atom stereocenters. The molecule has 26 heavy (non-hydrogen) atoms. The molecule has 3 rings (SSSR count). The van der Waals surface area contributed by atoms with Gasteiger partial charge in [0, 0.05) is 39.8 Å². The Kier molecular flexibility index (Phi) is 6.47. The van der Waals surface area contributed by atoms with Gasteiger partial charge in [-0.15, -0.1) is 11.8 Å². The molecule has 1 aliphatic carbocycles. The molecular weight excluding hydrogens is 368 g/mol. The first-order chi connectivity index (χ1) is 12.6. The minimum atomic E-state index is -0.257. The first kappa shape index (κ1) is 18.7. The predicted molar refractivity (Wildman–Crippen MR) is 106 cm³/mol. The lowest BCUT2D eigenvalue weighted by Gasteiger charge is -2.11. The Morgan fingerprint density at radius 2 is 1.81 bits per heavy atom. The number of Topliss-reactive ketones (excluding diaryl/α,β-unsaturated/α-hetero) is 1. The van der Waals surface area contributed by atoms with E-state index in [0.717, 1.165) is 39.8 Å². The highest BCUT2D eigenvalue weighted by atomic mass is 35.5. The van der Waals surface area contributed by atoms with Crippen LogP contribution in [0.25, 0.3) is 0 Å². The Labute approximate surface area is 162 Å². The van der Waals surface area contributed by atoms with E-state index in [2.05, 4.69) is 10.5 Å². The lowest BCUT2D eigenvalue weighted by atomic mass is 9.97. The summed E-state index contributed by atoms with van der Waals surface area (Å²) in [6.45, 7) is 0. The predicted octanol–water partition coefficient (Wildman–Crippen LogP) is 4.86. The average Bonchev–Trinajstić information content (AvgIpc) is 2.66. The number of amides is 1. The van der Waals surface area contributed by atoms with Crippen molar-refractivity contribution in [2.24, 2.45) is 5.10 Å². The van der Waals surface area contributed by atoms with Crippen molar-refractivity contribution >= 4 is 40.8 Å². The fourth-order valence-electron chi connectivity index (χ4n) is 2.63. The summed E-state index contributed by atoms with van der Waals surface area (Å²) in [4.78, 5) is 24.7. The number of nitrogens with one attached hydrogen (secondary N) is 1. The summed E-state index contributed by atoms with van der Waals surface area (Å²) in [6, 6.07) is 15.2. The van der Waals surface area contributed by atoms with Gasteiger partial charge in [0.2, 0.25) is 0 Å². The van der Waals surface area contributed by atoms with E-state index in [1.165, 1.54) is 0 Å². The van der Waals surface area contributed by atoms with Gasteiger partial charge in [-0.25, -0.2) is 5.43 Å². The molecule has 1 aliphatic rings. The van der Waals surface area contributed by atoms with Crippen LogP contribution in [0.4, 0.5) is 0 Å². The molecule has 4 nitrogen and oxygen atoms in total. The van der Waals surface area contributed by atoms with Crippen LogP contribution in [0.5, 0.6) is 0 Å². The van der Waals surface area contributed by atoms with Gasteiger partial charge in [-0.2, -0.15) is 5.10 Å². The van der Waals surface area contributed by atoms with Crippen LogP contribution in [0.2, 0.25) is 5.02 Å². The van der Waals surface area contributed by atoms with Crippen LogP contribution in [-0.2, 0) is 10.5 Å². The van der Waals surface area contributed by atoms with E-state index in [9.17, 15) is 9.59 Å². The van der Waals surface area contributed by atoms with E-state index in [1.807, 2.05) is 36.4 Å². The number of hydrazone groups is 1. The van der Waals surface area contributed by atoms with E-state index in [-0.39, 0.29) is 11.7 Å². The van der Waals surface area contributed by atoms with Crippen molar-refractivity contribution in [3.63, 3.8) is 0 Å². The second-order valence-electron chi connectivity index (χ2n) is 6.13. The van der Waals surface area contributed by atoms with Gasteiger partial charge < -0.3 is 0 Å². The molecule has 0 atom stereocenters. The van der Waals surface area contributed by atoms with Crippen molar-refractivity contribution in [1.82, 2.24) is 5.43 Å². The number of hydrogen-bond acceptors (Lipinski definition) is 4. The maximum atomic E-state index is 12.2. The van der Waals surface area contributed by atoms with Crippen molar-refractivity contribution in [2.45, 2.75) is 36.3 Å². The average molecular weight is 387 g/mol. The standard InChI is InChI=1S/C20H19ClN2O2S/c21-16-8-10-19(11-9-16)26-13-14-4-6-15(7-5-14)20(25)23-22-17-2-1-3-18(24)12-17/h4-11H,1-3,12-13H2,(H,23,25)/b22-17-. The largest absolute Gasteiger partial charge is 0.299 e. The molecule has 0 bridgehead atoms. The second kappa shape index (κ2) is 9.01. The topological polar surface area (TPSA) is 58.5 Å². The number of carbonyl (C=O) groups excluding carboxylic acids is 2. The fraction of sp³-hybridized carbons (Fsp3) is 0.250. The summed E-state index contributed by atoms with van der Waals surface area (Å²) in [6.07, 6.45) is 2.55. The maximum absolute atomic E-state index is 12.2. The summed E-state index contributed by atoms with van der Waals surface area (Å²) in [5.74, 6) is 0.743. The van der Waals surface area contributed by atoms with E-state index in [4.69, 9.17) is 11.6 Å². The minimum Gasteiger partial charge on any atom is -0.299 e. The zero-order valence-electron chi connectivity index (χ0n) is 14.2. The Hall–Kier alpha value is -2.11. The number of halogens is 1. The molecule has 0 saturated heterocycles. The number of ketones is 1. The van der Waals surface area contributed by atoms with Crippen LogP contribution in [0.1, 0.15) is 41.6 Å². The summed E-state index contributed by atoms with van der Waals surface area (Å²) in [7, 11) is 0. The fourth-order valence-corrected chi connectivity index (χ4v) is 3.61. The lowest BCUT2D eigenvalue weighted by molar-refractivity contribution is -0.118. The van der Waals surface area contributed by atoms with Crippen molar-refractivity contribution in [1.29, 1.82) is 0 Å². The number of rotatable bonds is 5. The number of carbonyl (C=O) groups is 2. The summed E-state index contributed by atoms with van der Waals surface area (Å²) >= 11 is 7.60. The van der Waals surface area contributed by atoms with E-state index < -0.39 is 0 Å². The molecule has 1 fully saturated rings. The number of hydrogen-bond donors (Lipinski definition) is 1. The van der Waals surface area contributed by atoms with Crippen LogP contribution >= 0.6 is 23.4 Å². The second-order valence-corrected chi connectivity index (χ2v) is 7.61. The van der Waals surface area contributed by atoms with Gasteiger partial charge in [-0.05, 0) is 54.8 Å². The van der Waals surface area contributed by atoms with Crippen LogP contribution in [-0.4, -0.2) is 17.4 Å². The molecular formula is C20H19ClN2O2S. The van der Waals surface area contributed by atoms with Crippen LogP contribution in [0, 0.1) is 0 Å². The monoisotopic (exact) mass is 386 g/mol. The van der Waals surface area contributed by atoms with Crippen LogP contribution in [0.15, 0.2) is 58.5 Å². The Bertz CT molecular complexity index is 817. The molecule has 1 N–H and O–H groups in total. The van der Waals surface area contributed by atoms with Crippen molar-refractivity contribution in [2.75, 3.05) is 0 Å². The Morgan fingerprint density at radius 1 is 1.08 bits per heavy atom. The van der Waals surface area contributed by atoms with Gasteiger partial charge in [-0.1, -0.05) is 23.7 Å².